The molecule has 4 rings (SSSR count). The summed E-state index contributed by atoms with van der Waals surface area (Å²) >= 11 is 0. The zero-order chi connectivity index (χ0) is 20.2. The number of aromatic amines is 1. The van der Waals surface area contributed by atoms with E-state index in [2.05, 4.69) is 28.1 Å². The molecule has 2 heterocycles. The van der Waals surface area contributed by atoms with E-state index >= 15 is 0 Å². The van der Waals surface area contributed by atoms with Gasteiger partial charge < -0.3 is 26.3 Å². The number of nitrogens with two attached hydrogens (primary N) is 2. The quantitative estimate of drug-likeness (QED) is 0.527. The van der Waals surface area contributed by atoms with Crippen molar-refractivity contribution in [2.24, 2.45) is 5.73 Å². The number of piperazine rings is 1. The number of aromatic nitrogens is 1. The lowest BCUT2D eigenvalue weighted by molar-refractivity contribution is -0.131. The molecule has 7 heteroatoms. The lowest BCUT2D eigenvalue weighted by Gasteiger charge is -2.36. The lowest BCUT2D eigenvalue weighted by Crippen LogP contribution is -2.48. The average Bonchev–Trinajstić information content (AvgIpc) is 3.15. The van der Waals surface area contributed by atoms with Crippen LogP contribution in [0.3, 0.4) is 0 Å². The first-order valence-electron chi connectivity index (χ1n) is 10.3. The molecule has 0 saturated carbocycles. The third kappa shape index (κ3) is 4.89. The van der Waals surface area contributed by atoms with E-state index in [4.69, 9.17) is 11.5 Å². The Morgan fingerprint density at radius 3 is 2.43 bits per heavy atom. The number of amides is 1. The number of halogens is 1. The van der Waals surface area contributed by atoms with E-state index in [0.29, 0.717) is 13.0 Å². The highest BCUT2D eigenvalue weighted by Crippen LogP contribution is 2.22. The van der Waals surface area contributed by atoms with Crippen molar-refractivity contribution in [2.75, 3.05) is 43.4 Å². The minimum atomic E-state index is 0. The Hall–Kier alpha value is -2.70. The molecule has 6 nitrogen and oxygen atoms in total. The highest BCUT2D eigenvalue weighted by molar-refractivity contribution is 5.85. The molecule has 5 N–H and O–H groups in total. The second-order valence-corrected chi connectivity index (χ2v) is 7.69. The van der Waals surface area contributed by atoms with Crippen molar-refractivity contribution in [3.63, 3.8) is 0 Å². The predicted octanol–water partition coefficient (Wildman–Crippen LogP) is 2.95. The standard InChI is InChI=1S/C23H29N5O.ClH/c24-10-9-18-16-26-22-7-1-17(15-21(18)22)2-8-23(29)28-13-11-27(12-14-28)20-5-3-19(25)4-6-20;/h1,3-7,15-16,26H,2,8-14,24-25H2;1H. The van der Waals surface area contributed by atoms with Gasteiger partial charge >= 0.3 is 0 Å². The van der Waals surface area contributed by atoms with Crippen molar-refractivity contribution in [1.29, 1.82) is 0 Å². The minimum absolute atomic E-state index is 0. The summed E-state index contributed by atoms with van der Waals surface area (Å²) in [5, 5.41) is 1.22. The summed E-state index contributed by atoms with van der Waals surface area (Å²) in [6.07, 6.45) is 4.21. The fraction of sp³-hybridized carbons (Fsp3) is 0.348. The molecule has 1 aliphatic rings. The van der Waals surface area contributed by atoms with Gasteiger partial charge in [-0.15, -0.1) is 12.4 Å². The molecule has 0 spiro atoms. The Morgan fingerprint density at radius 2 is 1.73 bits per heavy atom. The van der Waals surface area contributed by atoms with Gasteiger partial charge in [0.2, 0.25) is 5.91 Å². The van der Waals surface area contributed by atoms with E-state index in [9.17, 15) is 4.79 Å². The van der Waals surface area contributed by atoms with Crippen molar-refractivity contribution < 1.29 is 4.79 Å². The molecule has 3 aromatic rings. The monoisotopic (exact) mass is 427 g/mol. The molecule has 1 aliphatic heterocycles. The fourth-order valence-corrected chi connectivity index (χ4v) is 4.05. The third-order valence-corrected chi connectivity index (χ3v) is 5.76. The molecule has 0 atom stereocenters. The Morgan fingerprint density at radius 1 is 1.00 bits per heavy atom. The van der Waals surface area contributed by atoms with Crippen LogP contribution < -0.4 is 16.4 Å². The van der Waals surface area contributed by atoms with Gasteiger partial charge in [-0.1, -0.05) is 6.07 Å². The van der Waals surface area contributed by atoms with Crippen LogP contribution in [0.25, 0.3) is 10.9 Å². The van der Waals surface area contributed by atoms with E-state index < -0.39 is 0 Å². The number of hydrogen-bond donors (Lipinski definition) is 3. The largest absolute Gasteiger partial charge is 0.399 e. The van der Waals surface area contributed by atoms with Crippen molar-refractivity contribution in [3.8, 4) is 0 Å². The van der Waals surface area contributed by atoms with E-state index in [-0.39, 0.29) is 18.3 Å². The first kappa shape index (κ1) is 22.0. The molecule has 0 radical (unpaired) electrons. The van der Waals surface area contributed by atoms with Gasteiger partial charge in [0.05, 0.1) is 0 Å². The van der Waals surface area contributed by atoms with Crippen molar-refractivity contribution >= 4 is 40.6 Å². The van der Waals surface area contributed by atoms with E-state index in [0.717, 1.165) is 50.2 Å². The highest BCUT2D eigenvalue weighted by Gasteiger charge is 2.21. The highest BCUT2D eigenvalue weighted by atomic mass is 35.5. The predicted molar refractivity (Wildman–Crippen MR) is 126 cm³/mol. The number of hydrogen-bond acceptors (Lipinski definition) is 4. The summed E-state index contributed by atoms with van der Waals surface area (Å²) in [5.41, 5.74) is 17.0. The van der Waals surface area contributed by atoms with Crippen LogP contribution in [0.2, 0.25) is 0 Å². The van der Waals surface area contributed by atoms with Gasteiger partial charge in [0.25, 0.3) is 0 Å². The number of fused-ring (bicyclic) bond motifs is 1. The van der Waals surface area contributed by atoms with Crippen LogP contribution in [-0.4, -0.2) is 48.5 Å². The topological polar surface area (TPSA) is 91.4 Å². The summed E-state index contributed by atoms with van der Waals surface area (Å²) in [6.45, 7) is 3.88. The Kier molecular flexibility index (Phi) is 7.24. The van der Waals surface area contributed by atoms with Crippen molar-refractivity contribution in [2.45, 2.75) is 19.3 Å². The van der Waals surface area contributed by atoms with Crippen LogP contribution in [0.5, 0.6) is 0 Å². The van der Waals surface area contributed by atoms with E-state index in [1.807, 2.05) is 35.4 Å². The fourth-order valence-electron chi connectivity index (χ4n) is 4.05. The van der Waals surface area contributed by atoms with Gasteiger partial charge in [0.1, 0.15) is 0 Å². The van der Waals surface area contributed by atoms with Gasteiger partial charge in [0.15, 0.2) is 0 Å². The number of benzene rings is 2. The van der Waals surface area contributed by atoms with Gasteiger partial charge in [-0.2, -0.15) is 0 Å². The molecule has 1 fully saturated rings. The maximum absolute atomic E-state index is 12.7. The van der Waals surface area contributed by atoms with Crippen LogP contribution in [0, 0.1) is 0 Å². The smallest absolute Gasteiger partial charge is 0.223 e. The average molecular weight is 428 g/mol. The van der Waals surface area contributed by atoms with Crippen LogP contribution in [0.1, 0.15) is 17.5 Å². The summed E-state index contributed by atoms with van der Waals surface area (Å²) in [7, 11) is 0. The molecule has 160 valence electrons. The number of anilines is 2. The second kappa shape index (κ2) is 9.87. The molecular formula is C23H30ClN5O. The maximum Gasteiger partial charge on any atom is 0.223 e. The van der Waals surface area contributed by atoms with Crippen LogP contribution in [0.15, 0.2) is 48.7 Å². The summed E-state index contributed by atoms with van der Waals surface area (Å²) < 4.78 is 0. The molecule has 1 saturated heterocycles. The number of nitrogens with one attached hydrogen (secondary N) is 1. The van der Waals surface area contributed by atoms with Crippen LogP contribution in [0.4, 0.5) is 11.4 Å². The minimum Gasteiger partial charge on any atom is -0.399 e. The zero-order valence-corrected chi connectivity index (χ0v) is 18.0. The number of H-pyrrole nitrogens is 1. The molecule has 30 heavy (non-hydrogen) atoms. The summed E-state index contributed by atoms with van der Waals surface area (Å²) in [6, 6.07) is 14.3. The number of nitrogen functional groups attached to an aromatic ring is 1. The number of carbonyl (C=O) groups excluding carboxylic acids is 1. The summed E-state index contributed by atoms with van der Waals surface area (Å²) in [4.78, 5) is 20.3. The molecule has 1 aromatic heterocycles. The Balaban J connectivity index is 0.00000256. The summed E-state index contributed by atoms with van der Waals surface area (Å²) in [5.74, 6) is 0.235. The number of rotatable bonds is 6. The van der Waals surface area contributed by atoms with E-state index in [1.54, 1.807) is 0 Å². The Labute approximate surface area is 183 Å². The molecule has 0 aliphatic carbocycles. The first-order valence-corrected chi connectivity index (χ1v) is 10.3. The van der Waals surface area contributed by atoms with Gasteiger partial charge in [-0.25, -0.2) is 0 Å². The third-order valence-electron chi connectivity index (χ3n) is 5.76. The Bertz CT molecular complexity index is 977. The zero-order valence-electron chi connectivity index (χ0n) is 17.1. The lowest BCUT2D eigenvalue weighted by atomic mass is 10.0. The molecule has 0 bridgehead atoms. The SMILES string of the molecule is Cl.NCCc1c[nH]c2ccc(CCC(=O)N3CCN(c4ccc(N)cc4)CC3)cc12. The normalized spacial score (nSPS) is 14.0. The molecule has 1 amide bonds. The second-order valence-electron chi connectivity index (χ2n) is 7.69. The van der Waals surface area contributed by atoms with Crippen LogP contribution >= 0.6 is 12.4 Å². The molecule has 2 aromatic carbocycles. The number of nitrogens with zero attached hydrogens (tertiary/aromatic N) is 2. The maximum atomic E-state index is 12.7. The van der Waals surface area contributed by atoms with Crippen molar-refractivity contribution in [3.05, 3.63) is 59.8 Å². The van der Waals surface area contributed by atoms with Gasteiger partial charge in [-0.05, 0) is 66.9 Å². The number of aryl methyl sites for hydroxylation is 1. The van der Waals surface area contributed by atoms with Crippen LogP contribution in [-0.2, 0) is 17.6 Å². The number of carbonyl (C=O) groups is 1. The van der Waals surface area contributed by atoms with Crippen molar-refractivity contribution in [1.82, 2.24) is 9.88 Å². The molecule has 0 unspecified atom stereocenters. The van der Waals surface area contributed by atoms with E-state index in [1.165, 1.54) is 22.2 Å². The molecular weight excluding hydrogens is 398 g/mol. The first-order chi connectivity index (χ1) is 14.1. The van der Waals surface area contributed by atoms with Gasteiger partial charge in [0, 0.05) is 61.1 Å². The van der Waals surface area contributed by atoms with Gasteiger partial charge in [-0.3, -0.25) is 4.79 Å².